The number of nitrogens with one attached hydrogen (secondary N) is 1. The smallest absolute Gasteiger partial charge is 0.269 e. The molecule has 0 saturated carbocycles. The predicted molar refractivity (Wildman–Crippen MR) is 132 cm³/mol. The quantitative estimate of drug-likeness (QED) is 0.452. The van der Waals surface area contributed by atoms with E-state index >= 15 is 0 Å². The number of nitrogens with zero attached hydrogens (tertiary/aromatic N) is 3. The molecule has 0 aliphatic carbocycles. The maximum atomic E-state index is 13.1. The molecule has 2 aromatic carbocycles. The van der Waals surface area contributed by atoms with Gasteiger partial charge in [-0.2, -0.15) is 0 Å². The molecule has 1 saturated heterocycles. The third kappa shape index (κ3) is 4.31. The average Bonchev–Trinajstić information content (AvgIpc) is 3.29. The van der Waals surface area contributed by atoms with Crippen molar-refractivity contribution in [3.8, 4) is 0 Å². The van der Waals surface area contributed by atoms with Gasteiger partial charge in [0.2, 0.25) is 0 Å². The van der Waals surface area contributed by atoms with Crippen LogP contribution in [0.4, 0.5) is 11.4 Å². The fourth-order valence-electron chi connectivity index (χ4n) is 4.42. The number of fused-ring (bicyclic) bond motifs is 1. The van der Waals surface area contributed by atoms with Crippen molar-refractivity contribution in [1.82, 2.24) is 13.9 Å². The van der Waals surface area contributed by atoms with Gasteiger partial charge in [-0.3, -0.25) is 4.90 Å². The molecule has 1 aliphatic heterocycles. The maximum absolute atomic E-state index is 13.1. The van der Waals surface area contributed by atoms with E-state index in [-0.39, 0.29) is 10.9 Å². The zero-order valence-corrected chi connectivity index (χ0v) is 19.1. The molecule has 0 spiro atoms. The molecule has 4 aromatic rings. The molecule has 2 aromatic heterocycles. The van der Waals surface area contributed by atoms with E-state index in [2.05, 4.69) is 39.5 Å². The molecule has 3 N–H and O–H groups in total. The van der Waals surface area contributed by atoms with Gasteiger partial charge in [0.15, 0.2) is 5.65 Å². The number of piperidine rings is 1. The maximum Gasteiger partial charge on any atom is 0.269 e. The van der Waals surface area contributed by atoms with Crippen LogP contribution < -0.4 is 11.1 Å². The molecule has 0 unspecified atom stereocenters. The number of anilines is 2. The van der Waals surface area contributed by atoms with Crippen LogP contribution in [-0.2, 0) is 16.6 Å². The van der Waals surface area contributed by atoms with Crippen LogP contribution in [0.2, 0.25) is 0 Å². The van der Waals surface area contributed by atoms with Crippen LogP contribution in [0.25, 0.3) is 11.0 Å². The molecular formula is C25H27N5O2S. The summed E-state index contributed by atoms with van der Waals surface area (Å²) < 4.78 is 27.5. The van der Waals surface area contributed by atoms with Crippen molar-refractivity contribution in [2.24, 2.45) is 0 Å². The minimum absolute atomic E-state index is 0.224. The van der Waals surface area contributed by atoms with Crippen LogP contribution in [0.1, 0.15) is 18.4 Å². The van der Waals surface area contributed by atoms with Crippen molar-refractivity contribution in [1.29, 1.82) is 0 Å². The number of aromatic nitrogens is 2. The van der Waals surface area contributed by atoms with Gasteiger partial charge in [-0.1, -0.05) is 48.5 Å². The van der Waals surface area contributed by atoms with Crippen LogP contribution in [0.15, 0.2) is 84.0 Å². The van der Waals surface area contributed by atoms with Crippen LogP contribution in [-0.4, -0.2) is 41.4 Å². The first-order chi connectivity index (χ1) is 16.0. The molecule has 8 heteroatoms. The van der Waals surface area contributed by atoms with Crippen LogP contribution in [0.3, 0.4) is 0 Å². The second-order valence-corrected chi connectivity index (χ2v) is 10.3. The van der Waals surface area contributed by atoms with Gasteiger partial charge in [-0.05, 0) is 36.6 Å². The highest BCUT2D eigenvalue weighted by molar-refractivity contribution is 7.90. The molecule has 7 nitrogen and oxygen atoms in total. The number of likely N-dealkylation sites (tertiary alicyclic amines) is 1. The third-order valence-corrected chi connectivity index (χ3v) is 7.88. The number of hydrogen-bond acceptors (Lipinski definition) is 6. The summed E-state index contributed by atoms with van der Waals surface area (Å²) in [6, 6.07) is 20.9. The zero-order chi connectivity index (χ0) is 22.8. The minimum atomic E-state index is -3.74. The highest BCUT2D eigenvalue weighted by Gasteiger charge is 2.24. The van der Waals surface area contributed by atoms with Gasteiger partial charge in [0.05, 0.1) is 22.5 Å². The standard InChI is InChI=1S/C25H27N5O2S/c26-23-17-27-25-22(13-16-30(25)33(31,32)21-9-5-2-6-10-21)24(23)28-20-11-14-29(15-12-20)18-19-7-3-1-4-8-19/h1-10,13,16-17,20H,11-12,14-15,18,26H2,(H,27,28). The molecule has 3 heterocycles. The predicted octanol–water partition coefficient (Wildman–Crippen LogP) is 3.93. The van der Waals surface area contributed by atoms with Crippen molar-refractivity contribution in [3.05, 3.63) is 84.7 Å². The molecule has 5 rings (SSSR count). The van der Waals surface area contributed by atoms with Gasteiger partial charge in [-0.25, -0.2) is 17.4 Å². The van der Waals surface area contributed by atoms with E-state index in [9.17, 15) is 8.42 Å². The molecule has 0 atom stereocenters. The SMILES string of the molecule is Nc1cnc2c(ccn2S(=O)(=O)c2ccccc2)c1NC1CCN(Cc2ccccc2)CC1. The van der Waals surface area contributed by atoms with Gasteiger partial charge >= 0.3 is 0 Å². The molecule has 1 aliphatic rings. The van der Waals surface area contributed by atoms with Gasteiger partial charge in [-0.15, -0.1) is 0 Å². The van der Waals surface area contributed by atoms with E-state index in [0.29, 0.717) is 16.7 Å². The highest BCUT2D eigenvalue weighted by atomic mass is 32.2. The number of nitrogens with two attached hydrogens (primary N) is 1. The van der Waals surface area contributed by atoms with E-state index in [1.807, 2.05) is 6.07 Å². The van der Waals surface area contributed by atoms with Gasteiger partial charge in [0.25, 0.3) is 10.0 Å². The second kappa shape index (κ2) is 8.88. The summed E-state index contributed by atoms with van der Waals surface area (Å²) in [5.74, 6) is 0. The van der Waals surface area contributed by atoms with Crippen molar-refractivity contribution in [3.63, 3.8) is 0 Å². The molecule has 170 valence electrons. The third-order valence-electron chi connectivity index (χ3n) is 6.20. The number of nitrogen functional groups attached to an aromatic ring is 1. The highest BCUT2D eigenvalue weighted by Crippen LogP contribution is 2.32. The van der Waals surface area contributed by atoms with Crippen molar-refractivity contribution in [2.45, 2.75) is 30.3 Å². The van der Waals surface area contributed by atoms with Crippen molar-refractivity contribution < 1.29 is 8.42 Å². The Kier molecular flexibility index (Phi) is 5.78. The summed E-state index contributed by atoms with van der Waals surface area (Å²) in [6.45, 7) is 2.93. The van der Waals surface area contributed by atoms with E-state index in [1.165, 1.54) is 15.7 Å². The summed E-state index contributed by atoms with van der Waals surface area (Å²) in [7, 11) is -3.74. The van der Waals surface area contributed by atoms with E-state index < -0.39 is 10.0 Å². The Morgan fingerprint density at radius 2 is 1.64 bits per heavy atom. The molecule has 33 heavy (non-hydrogen) atoms. The van der Waals surface area contributed by atoms with Gasteiger partial charge in [0.1, 0.15) is 0 Å². The fourth-order valence-corrected chi connectivity index (χ4v) is 5.74. The van der Waals surface area contributed by atoms with E-state index in [0.717, 1.165) is 38.2 Å². The Hall–Kier alpha value is -3.36. The summed E-state index contributed by atoms with van der Waals surface area (Å²) in [6.07, 6.45) is 5.05. The lowest BCUT2D eigenvalue weighted by Crippen LogP contribution is -2.38. The van der Waals surface area contributed by atoms with Crippen LogP contribution >= 0.6 is 0 Å². The normalized spacial score (nSPS) is 15.6. The topological polar surface area (TPSA) is 93.2 Å². The first kappa shape index (κ1) is 21.5. The van der Waals surface area contributed by atoms with Crippen molar-refractivity contribution >= 4 is 32.4 Å². The van der Waals surface area contributed by atoms with Gasteiger partial charge < -0.3 is 11.1 Å². The van der Waals surface area contributed by atoms with Crippen molar-refractivity contribution in [2.75, 3.05) is 24.1 Å². The average molecular weight is 462 g/mol. The van der Waals surface area contributed by atoms with Crippen LogP contribution in [0.5, 0.6) is 0 Å². The lowest BCUT2D eigenvalue weighted by Gasteiger charge is -2.33. The fraction of sp³-hybridized carbons (Fsp3) is 0.240. The largest absolute Gasteiger partial charge is 0.396 e. The summed E-state index contributed by atoms with van der Waals surface area (Å²) in [5, 5.41) is 4.29. The first-order valence-electron chi connectivity index (χ1n) is 11.1. The molecule has 1 fully saturated rings. The lowest BCUT2D eigenvalue weighted by atomic mass is 10.0. The summed E-state index contributed by atoms with van der Waals surface area (Å²) >= 11 is 0. The Balaban J connectivity index is 1.35. The van der Waals surface area contributed by atoms with E-state index in [4.69, 9.17) is 5.73 Å². The molecule has 0 radical (unpaired) electrons. The zero-order valence-electron chi connectivity index (χ0n) is 18.3. The second-order valence-electron chi connectivity index (χ2n) is 8.44. The summed E-state index contributed by atoms with van der Waals surface area (Å²) in [5.41, 5.74) is 9.24. The summed E-state index contributed by atoms with van der Waals surface area (Å²) in [4.78, 5) is 7.04. The Bertz CT molecular complexity index is 1350. The first-order valence-corrected chi connectivity index (χ1v) is 12.6. The number of rotatable bonds is 6. The lowest BCUT2D eigenvalue weighted by molar-refractivity contribution is 0.211. The van der Waals surface area contributed by atoms with Crippen LogP contribution in [0, 0.1) is 0 Å². The van der Waals surface area contributed by atoms with E-state index in [1.54, 1.807) is 42.6 Å². The monoisotopic (exact) mass is 461 g/mol. The number of hydrogen-bond donors (Lipinski definition) is 2. The Morgan fingerprint density at radius 3 is 2.33 bits per heavy atom. The number of benzene rings is 2. The minimum Gasteiger partial charge on any atom is -0.396 e. The Labute approximate surface area is 193 Å². The Morgan fingerprint density at radius 1 is 0.970 bits per heavy atom. The van der Waals surface area contributed by atoms with Gasteiger partial charge in [0, 0.05) is 37.3 Å². The number of pyridine rings is 1. The molecular weight excluding hydrogens is 434 g/mol. The molecule has 0 bridgehead atoms. The molecule has 0 amide bonds.